The van der Waals surface area contributed by atoms with Crippen LogP contribution in [0.4, 0.5) is 0 Å². The normalized spacial score (nSPS) is 12.4. The number of aryl methyl sites for hydroxylation is 1. The number of aliphatic carboxylic acids is 1. The summed E-state index contributed by atoms with van der Waals surface area (Å²) >= 11 is 5.74. The van der Waals surface area contributed by atoms with E-state index < -0.39 is 12.1 Å². The van der Waals surface area contributed by atoms with Gasteiger partial charge in [-0.25, -0.2) is 4.79 Å². The summed E-state index contributed by atoms with van der Waals surface area (Å²) in [6, 6.07) is 7.15. The third-order valence-electron chi connectivity index (χ3n) is 1.88. The van der Waals surface area contributed by atoms with Gasteiger partial charge in [-0.05, 0) is 30.5 Å². The third-order valence-corrected chi connectivity index (χ3v) is 2.12. The Kier molecular flexibility index (Phi) is 3.92. The second kappa shape index (κ2) is 4.98. The first kappa shape index (κ1) is 11.0. The minimum Gasteiger partial charge on any atom is -0.479 e. The summed E-state index contributed by atoms with van der Waals surface area (Å²) in [5.41, 5.74) is 0.929. The van der Waals surface area contributed by atoms with E-state index in [4.69, 9.17) is 21.8 Å². The maximum absolute atomic E-state index is 10.3. The van der Waals surface area contributed by atoms with Gasteiger partial charge in [0.05, 0.1) is 0 Å². The van der Waals surface area contributed by atoms with E-state index in [9.17, 15) is 4.79 Å². The van der Waals surface area contributed by atoms with Gasteiger partial charge in [0.1, 0.15) is 0 Å². The summed E-state index contributed by atoms with van der Waals surface area (Å²) in [5.74, 6) is -1.19. The molecule has 1 aromatic carbocycles. The van der Waals surface area contributed by atoms with Crippen LogP contribution in [0.5, 0.6) is 0 Å². The monoisotopic (exact) mass is 214 g/mol. The van der Waals surface area contributed by atoms with Crippen molar-refractivity contribution in [2.24, 2.45) is 0 Å². The van der Waals surface area contributed by atoms with Crippen molar-refractivity contribution in [3.63, 3.8) is 0 Å². The van der Waals surface area contributed by atoms with Gasteiger partial charge in [-0.1, -0.05) is 23.7 Å². The molecule has 1 rings (SSSR count). The van der Waals surface area contributed by atoms with E-state index in [1.165, 1.54) is 0 Å². The molecule has 0 amide bonds. The lowest BCUT2D eigenvalue weighted by molar-refractivity contribution is -0.146. The highest BCUT2D eigenvalue weighted by Crippen LogP contribution is 2.12. The van der Waals surface area contributed by atoms with Crippen LogP contribution in [-0.4, -0.2) is 22.3 Å². The zero-order valence-corrected chi connectivity index (χ0v) is 8.24. The Hall–Kier alpha value is -1.06. The predicted octanol–water partition coefficient (Wildman–Crippen LogP) is 1.72. The summed E-state index contributed by atoms with van der Waals surface area (Å²) < 4.78 is 0. The van der Waals surface area contributed by atoms with Crippen molar-refractivity contribution < 1.29 is 15.0 Å². The molecule has 4 heteroatoms. The number of carboxylic acid groups (broad SMARTS) is 1. The molecule has 1 atom stereocenters. The average molecular weight is 215 g/mol. The van der Waals surface area contributed by atoms with Crippen molar-refractivity contribution in [1.29, 1.82) is 0 Å². The molecule has 76 valence electrons. The van der Waals surface area contributed by atoms with Gasteiger partial charge in [-0.2, -0.15) is 0 Å². The topological polar surface area (TPSA) is 57.5 Å². The van der Waals surface area contributed by atoms with Crippen LogP contribution >= 0.6 is 11.6 Å². The van der Waals surface area contributed by atoms with Gasteiger partial charge in [0.25, 0.3) is 0 Å². The number of hydrogen-bond donors (Lipinski definition) is 2. The molecule has 0 aliphatic carbocycles. The van der Waals surface area contributed by atoms with Crippen molar-refractivity contribution in [2.45, 2.75) is 18.9 Å². The summed E-state index contributed by atoms with van der Waals surface area (Å²) in [6.45, 7) is 0. The van der Waals surface area contributed by atoms with Gasteiger partial charge in [0.2, 0.25) is 0 Å². The van der Waals surface area contributed by atoms with Gasteiger partial charge in [-0.3, -0.25) is 0 Å². The Bertz CT molecular complexity index is 325. The molecule has 0 heterocycles. The van der Waals surface area contributed by atoms with Crippen molar-refractivity contribution in [3.05, 3.63) is 34.9 Å². The molecule has 1 aromatic rings. The summed E-state index contributed by atoms with van der Waals surface area (Å²) in [4.78, 5) is 10.3. The highest BCUT2D eigenvalue weighted by molar-refractivity contribution is 6.30. The molecule has 3 nitrogen and oxygen atoms in total. The molecule has 0 bridgehead atoms. The number of aliphatic hydroxyl groups excluding tert-OH is 1. The van der Waals surface area contributed by atoms with E-state index in [1.807, 2.05) is 6.07 Å². The molecule has 0 fully saturated rings. The van der Waals surface area contributed by atoms with Crippen LogP contribution in [0.2, 0.25) is 5.02 Å². The maximum atomic E-state index is 10.3. The lowest BCUT2D eigenvalue weighted by atomic mass is 10.1. The molecule has 0 aliphatic rings. The molecule has 1 unspecified atom stereocenters. The standard InChI is InChI=1S/C10H11ClO3/c11-8-3-1-2-7(6-8)4-5-9(12)10(13)14/h1-3,6,9,12H,4-5H2,(H,13,14). The summed E-state index contributed by atoms with van der Waals surface area (Å²) in [6.07, 6.45) is -0.585. The number of aliphatic hydroxyl groups is 1. The van der Waals surface area contributed by atoms with Gasteiger partial charge >= 0.3 is 5.97 Å². The van der Waals surface area contributed by atoms with Crippen LogP contribution < -0.4 is 0 Å². The largest absolute Gasteiger partial charge is 0.479 e. The van der Waals surface area contributed by atoms with Crippen molar-refractivity contribution in [1.82, 2.24) is 0 Å². The molecular weight excluding hydrogens is 204 g/mol. The molecule has 2 N–H and O–H groups in total. The SMILES string of the molecule is O=C(O)C(O)CCc1cccc(Cl)c1. The highest BCUT2D eigenvalue weighted by Gasteiger charge is 2.12. The molecule has 0 aromatic heterocycles. The second-order valence-corrected chi connectivity index (χ2v) is 3.46. The number of halogens is 1. The molecule has 0 saturated heterocycles. The number of carbonyl (C=O) groups is 1. The fraction of sp³-hybridized carbons (Fsp3) is 0.300. The van der Waals surface area contributed by atoms with E-state index in [2.05, 4.69) is 0 Å². The van der Waals surface area contributed by atoms with E-state index >= 15 is 0 Å². The third kappa shape index (κ3) is 3.36. The average Bonchev–Trinajstić information content (AvgIpc) is 2.14. The van der Waals surface area contributed by atoms with E-state index in [1.54, 1.807) is 18.2 Å². The van der Waals surface area contributed by atoms with E-state index in [0.29, 0.717) is 11.4 Å². The Morgan fingerprint density at radius 3 is 2.79 bits per heavy atom. The highest BCUT2D eigenvalue weighted by atomic mass is 35.5. The lowest BCUT2D eigenvalue weighted by Gasteiger charge is -2.05. The number of benzene rings is 1. The van der Waals surface area contributed by atoms with E-state index in [-0.39, 0.29) is 6.42 Å². The van der Waals surface area contributed by atoms with Crippen molar-refractivity contribution in [3.8, 4) is 0 Å². The minimum atomic E-state index is -1.30. The first-order chi connectivity index (χ1) is 6.59. The van der Waals surface area contributed by atoms with Crippen LogP contribution in [0, 0.1) is 0 Å². The predicted molar refractivity (Wildman–Crippen MR) is 53.4 cm³/mol. The van der Waals surface area contributed by atoms with Crippen LogP contribution in [-0.2, 0) is 11.2 Å². The summed E-state index contributed by atoms with van der Waals surface area (Å²) in [5, 5.41) is 18.1. The van der Waals surface area contributed by atoms with Gasteiger partial charge < -0.3 is 10.2 Å². The van der Waals surface area contributed by atoms with Gasteiger partial charge in [0.15, 0.2) is 6.10 Å². The zero-order valence-electron chi connectivity index (χ0n) is 7.48. The Labute approximate surface area is 86.9 Å². The molecule has 0 aliphatic heterocycles. The van der Waals surface area contributed by atoms with Crippen LogP contribution in [0.3, 0.4) is 0 Å². The lowest BCUT2D eigenvalue weighted by Crippen LogP contribution is -2.19. The minimum absolute atomic E-state index is 0.204. The summed E-state index contributed by atoms with van der Waals surface area (Å²) in [7, 11) is 0. The Morgan fingerprint density at radius 2 is 2.21 bits per heavy atom. The number of rotatable bonds is 4. The van der Waals surface area contributed by atoms with Gasteiger partial charge in [0, 0.05) is 5.02 Å². The first-order valence-electron chi connectivity index (χ1n) is 4.25. The maximum Gasteiger partial charge on any atom is 0.332 e. The molecule has 0 spiro atoms. The number of carboxylic acids is 1. The first-order valence-corrected chi connectivity index (χ1v) is 4.62. The fourth-order valence-electron chi connectivity index (χ4n) is 1.12. The van der Waals surface area contributed by atoms with Crippen LogP contribution in [0.15, 0.2) is 24.3 Å². The van der Waals surface area contributed by atoms with Crippen LogP contribution in [0.1, 0.15) is 12.0 Å². The molecular formula is C10H11ClO3. The zero-order chi connectivity index (χ0) is 10.6. The molecule has 14 heavy (non-hydrogen) atoms. The molecule has 0 saturated carbocycles. The second-order valence-electron chi connectivity index (χ2n) is 3.02. The quantitative estimate of drug-likeness (QED) is 0.803. The Balaban J connectivity index is 2.49. The van der Waals surface area contributed by atoms with Gasteiger partial charge in [-0.15, -0.1) is 0 Å². The smallest absolute Gasteiger partial charge is 0.332 e. The molecule has 0 radical (unpaired) electrons. The fourth-order valence-corrected chi connectivity index (χ4v) is 1.33. The van der Waals surface area contributed by atoms with Crippen molar-refractivity contribution in [2.75, 3.05) is 0 Å². The number of hydrogen-bond acceptors (Lipinski definition) is 2. The van der Waals surface area contributed by atoms with Crippen LogP contribution in [0.25, 0.3) is 0 Å². The Morgan fingerprint density at radius 1 is 1.50 bits per heavy atom. The van der Waals surface area contributed by atoms with Crippen molar-refractivity contribution >= 4 is 17.6 Å². The van der Waals surface area contributed by atoms with E-state index in [0.717, 1.165) is 5.56 Å².